The third-order valence-electron chi connectivity index (χ3n) is 7.25. The predicted molar refractivity (Wildman–Crippen MR) is 149 cm³/mol. The van der Waals surface area contributed by atoms with Gasteiger partial charge >= 0.3 is 6.09 Å². The zero-order valence-electron chi connectivity index (χ0n) is 23.1. The zero-order chi connectivity index (χ0) is 28.6. The molecule has 1 N–H and O–H groups in total. The Bertz CT molecular complexity index is 1330. The molecule has 4 atom stereocenters. The van der Waals surface area contributed by atoms with Crippen LogP contribution in [0.4, 0.5) is 4.79 Å². The van der Waals surface area contributed by atoms with E-state index in [1.165, 1.54) is 5.01 Å². The number of amides is 4. The van der Waals surface area contributed by atoms with E-state index in [0.29, 0.717) is 5.56 Å². The molecule has 0 spiro atoms. The van der Waals surface area contributed by atoms with Gasteiger partial charge in [-0.05, 0) is 42.3 Å². The van der Waals surface area contributed by atoms with E-state index >= 15 is 0 Å². The fourth-order valence-electron chi connectivity index (χ4n) is 5.08. The van der Waals surface area contributed by atoms with Gasteiger partial charge in [-0.3, -0.25) is 19.2 Å². The largest absolute Gasteiger partial charge is 0.448 e. The van der Waals surface area contributed by atoms with Gasteiger partial charge in [-0.15, -0.1) is 0 Å². The minimum atomic E-state index is -1.50. The molecule has 2 bridgehead atoms. The second kappa shape index (κ2) is 10.9. The zero-order valence-corrected chi connectivity index (χ0v) is 24.1. The summed E-state index contributed by atoms with van der Waals surface area (Å²) in [6.07, 6.45) is -0.719. The van der Waals surface area contributed by atoms with E-state index in [2.05, 4.69) is 25.0 Å². The monoisotopic (exact) mass is 562 g/mol. The van der Waals surface area contributed by atoms with Crippen LogP contribution in [0.2, 0.25) is 25.7 Å². The van der Waals surface area contributed by atoms with Crippen LogP contribution in [0.15, 0.2) is 72.3 Å². The first-order valence-electron chi connectivity index (χ1n) is 13.4. The van der Waals surface area contributed by atoms with Crippen LogP contribution in [0.25, 0.3) is 0 Å². The Morgan fingerprint density at radius 1 is 1.00 bits per heavy atom. The Morgan fingerprint density at radius 2 is 1.65 bits per heavy atom. The van der Waals surface area contributed by atoms with Gasteiger partial charge in [0.05, 0.1) is 13.0 Å². The number of carbonyl (C=O) groups excluding carboxylic acids is 4. The predicted octanol–water partition coefficient (Wildman–Crippen LogP) is 3.36. The topological polar surface area (TPSA) is 108 Å². The second-order valence-electron chi connectivity index (χ2n) is 11.5. The van der Waals surface area contributed by atoms with E-state index in [9.17, 15) is 19.2 Å². The van der Waals surface area contributed by atoms with Crippen LogP contribution >= 0.6 is 0 Å². The van der Waals surface area contributed by atoms with Crippen LogP contribution < -0.4 is 5.32 Å². The van der Waals surface area contributed by atoms with Crippen molar-refractivity contribution in [1.82, 2.24) is 20.4 Å². The van der Waals surface area contributed by atoms with Gasteiger partial charge in [0.2, 0.25) is 5.91 Å². The van der Waals surface area contributed by atoms with Gasteiger partial charge in [-0.1, -0.05) is 68.2 Å². The number of nitrogens with one attached hydrogen (secondary N) is 1. The third kappa shape index (κ3) is 5.39. The Hall–Kier alpha value is -3.96. The fourth-order valence-corrected chi connectivity index (χ4v) is 5.79. The molecule has 4 aliphatic heterocycles. The molecular formula is C29H34N4O6Si. The normalized spacial score (nSPS) is 23.6. The maximum atomic E-state index is 13.6. The fraction of sp³-hybridized carbons (Fsp3) is 0.379. The lowest BCUT2D eigenvalue weighted by Gasteiger charge is -2.50. The van der Waals surface area contributed by atoms with Gasteiger partial charge in [0.25, 0.3) is 11.8 Å². The number of hydroxylamine groups is 2. The maximum absolute atomic E-state index is 13.6. The van der Waals surface area contributed by atoms with Crippen molar-refractivity contribution < 1.29 is 28.8 Å². The van der Waals surface area contributed by atoms with E-state index in [0.717, 1.165) is 27.3 Å². The van der Waals surface area contributed by atoms with Crippen LogP contribution in [0.5, 0.6) is 0 Å². The average molecular weight is 563 g/mol. The first-order chi connectivity index (χ1) is 19.0. The molecule has 4 aliphatic rings. The van der Waals surface area contributed by atoms with Crippen molar-refractivity contribution in [2.24, 2.45) is 0 Å². The molecule has 0 aliphatic carbocycles. The number of β-lactam (4-membered cyclic amide) rings is 1. The van der Waals surface area contributed by atoms with Crippen molar-refractivity contribution in [2.75, 3.05) is 6.61 Å². The molecular weight excluding hydrogens is 528 g/mol. The minimum absolute atomic E-state index is 0.0986. The van der Waals surface area contributed by atoms with Crippen molar-refractivity contribution in [3.8, 4) is 0 Å². The summed E-state index contributed by atoms with van der Waals surface area (Å²) in [5, 5.41) is 6.40. The Kier molecular flexibility index (Phi) is 7.52. The van der Waals surface area contributed by atoms with Crippen molar-refractivity contribution in [3.63, 3.8) is 0 Å². The molecule has 0 aromatic heterocycles. The first kappa shape index (κ1) is 27.6. The Balaban J connectivity index is 1.44. The number of fused-ring (bicyclic) bond motifs is 1. The molecule has 0 radical (unpaired) electrons. The van der Waals surface area contributed by atoms with Crippen LogP contribution in [0.3, 0.4) is 0 Å². The summed E-state index contributed by atoms with van der Waals surface area (Å²) in [6, 6.07) is 16.9. The SMILES string of the molecule is CC1=CC2N(C(=O)c3ccccc3)OC1C1C(NC(=O)Cc3ccccc3)C(=O)N1N2C(=O)OCC[Si](C)(C)C. The summed E-state index contributed by atoms with van der Waals surface area (Å²) < 4.78 is 5.65. The van der Waals surface area contributed by atoms with E-state index in [1.807, 2.05) is 37.3 Å². The Labute approximate surface area is 234 Å². The van der Waals surface area contributed by atoms with Gasteiger partial charge < -0.3 is 10.1 Å². The molecule has 11 heteroatoms. The number of hydrazine groups is 1. The summed E-state index contributed by atoms with van der Waals surface area (Å²) in [6.45, 7) is 8.54. The number of hydrogen-bond acceptors (Lipinski definition) is 6. The molecule has 6 rings (SSSR count). The highest BCUT2D eigenvalue weighted by molar-refractivity contribution is 6.76. The number of nitrogens with zero attached hydrogens (tertiary/aromatic N) is 3. The van der Waals surface area contributed by atoms with Gasteiger partial charge in [-0.25, -0.2) is 9.80 Å². The van der Waals surface area contributed by atoms with E-state index < -0.39 is 50.3 Å². The lowest BCUT2D eigenvalue weighted by molar-refractivity contribution is -0.185. The summed E-state index contributed by atoms with van der Waals surface area (Å²) in [5.74, 6) is -1.26. The molecule has 2 fully saturated rings. The average Bonchev–Trinajstić information content (AvgIpc) is 3.12. The van der Waals surface area contributed by atoms with Gasteiger partial charge in [0.15, 0.2) is 6.17 Å². The van der Waals surface area contributed by atoms with Crippen molar-refractivity contribution >= 4 is 31.9 Å². The molecule has 2 saturated heterocycles. The highest BCUT2D eigenvalue weighted by Crippen LogP contribution is 2.40. The van der Waals surface area contributed by atoms with Crippen molar-refractivity contribution in [1.29, 1.82) is 0 Å². The summed E-state index contributed by atoms with van der Waals surface area (Å²) in [7, 11) is -1.50. The number of benzene rings is 2. The smallest absolute Gasteiger partial charge is 0.431 e. The molecule has 4 unspecified atom stereocenters. The van der Waals surface area contributed by atoms with Gasteiger partial charge in [0, 0.05) is 13.6 Å². The summed E-state index contributed by atoms with van der Waals surface area (Å²) >= 11 is 0. The second-order valence-corrected chi connectivity index (χ2v) is 17.1. The van der Waals surface area contributed by atoms with Crippen LogP contribution in [-0.4, -0.2) is 77.9 Å². The highest BCUT2D eigenvalue weighted by atomic mass is 28.3. The maximum Gasteiger partial charge on any atom is 0.431 e. The number of hydrogen-bond donors (Lipinski definition) is 1. The Morgan fingerprint density at radius 3 is 2.30 bits per heavy atom. The first-order valence-corrected chi connectivity index (χ1v) is 17.1. The highest BCUT2D eigenvalue weighted by Gasteiger charge is 2.63. The molecule has 2 aromatic carbocycles. The van der Waals surface area contributed by atoms with Crippen molar-refractivity contribution in [3.05, 3.63) is 83.4 Å². The number of ether oxygens (including phenoxy) is 1. The molecule has 210 valence electrons. The molecule has 4 amide bonds. The quantitative estimate of drug-likeness (QED) is 0.315. The summed E-state index contributed by atoms with van der Waals surface area (Å²) in [5.41, 5.74) is 1.92. The van der Waals surface area contributed by atoms with Gasteiger partial charge in [0.1, 0.15) is 18.2 Å². The number of rotatable bonds is 7. The molecule has 2 aromatic rings. The lowest BCUT2D eigenvalue weighted by Crippen LogP contribution is -2.78. The van der Waals surface area contributed by atoms with E-state index in [-0.39, 0.29) is 18.9 Å². The van der Waals surface area contributed by atoms with Crippen LogP contribution in [0.1, 0.15) is 22.8 Å². The van der Waals surface area contributed by atoms with E-state index in [1.54, 1.807) is 36.4 Å². The third-order valence-corrected chi connectivity index (χ3v) is 8.95. The minimum Gasteiger partial charge on any atom is -0.448 e. The van der Waals surface area contributed by atoms with Crippen LogP contribution in [0, 0.1) is 0 Å². The molecule has 0 saturated carbocycles. The molecule has 40 heavy (non-hydrogen) atoms. The van der Waals surface area contributed by atoms with E-state index in [4.69, 9.17) is 9.57 Å². The number of carbonyl (C=O) groups is 4. The standard InChI is InChI=1S/C29H34N4O6Si/c1-19-17-23-31(29(37)38-15-16-40(2,3)4)32-25(26(19)39-33(23)27(35)21-13-9-6-10-14-21)24(28(32)36)30-22(34)18-20-11-7-5-8-12-20/h5-14,17,23-26H,15-16,18H2,1-4H3,(H,30,34). The lowest BCUT2D eigenvalue weighted by atomic mass is 9.88. The van der Waals surface area contributed by atoms with Crippen LogP contribution in [-0.2, 0) is 25.6 Å². The summed E-state index contributed by atoms with van der Waals surface area (Å²) in [4.78, 5) is 59.8. The molecule has 4 heterocycles. The van der Waals surface area contributed by atoms with Gasteiger partial charge in [-0.2, -0.15) is 10.1 Å². The molecule has 10 nitrogen and oxygen atoms in total. The van der Waals surface area contributed by atoms with Crippen molar-refractivity contribution in [2.45, 2.75) is 63.4 Å².